The number of allylic oxidation sites excluding steroid dienone is 1. The van der Waals surface area contributed by atoms with Gasteiger partial charge in [0.25, 0.3) is 10.1 Å². The Labute approximate surface area is 183 Å². The zero-order valence-electron chi connectivity index (χ0n) is 16.7. The van der Waals surface area contributed by atoms with Gasteiger partial charge < -0.3 is 15.6 Å². The number of amides is 1. The average molecular weight is 471 g/mol. The number of nitrogens with two attached hydrogens (primary N) is 1. The van der Waals surface area contributed by atoms with E-state index in [1.807, 2.05) is 6.92 Å². The number of carboxylic acid groups (broad SMARTS) is 1. The molecule has 0 aromatic heterocycles. The highest BCUT2D eigenvalue weighted by molar-refractivity contribution is 8.00. The molecular formula is C19H22N2O8S2. The van der Waals surface area contributed by atoms with Crippen LogP contribution in [0.15, 0.2) is 52.6 Å². The van der Waals surface area contributed by atoms with Gasteiger partial charge in [-0.2, -0.15) is 8.42 Å². The van der Waals surface area contributed by atoms with Crippen molar-refractivity contribution in [1.82, 2.24) is 4.90 Å². The lowest BCUT2D eigenvalue weighted by Gasteiger charge is -2.47. The lowest BCUT2D eigenvalue weighted by atomic mass is 10.0. The zero-order chi connectivity index (χ0) is 23.3. The summed E-state index contributed by atoms with van der Waals surface area (Å²) in [5.41, 5.74) is 6.87. The molecule has 1 fully saturated rings. The number of aryl methyl sites for hydroxylation is 1. The Balaban J connectivity index is 0.000000262. The van der Waals surface area contributed by atoms with Crippen LogP contribution in [0.1, 0.15) is 12.5 Å². The maximum atomic E-state index is 11.7. The van der Waals surface area contributed by atoms with Gasteiger partial charge in [0.15, 0.2) is 0 Å². The Morgan fingerprint density at radius 1 is 1.32 bits per heavy atom. The van der Waals surface area contributed by atoms with Crippen LogP contribution >= 0.6 is 11.8 Å². The summed E-state index contributed by atoms with van der Waals surface area (Å²) in [6, 6.07) is 5.33. The van der Waals surface area contributed by atoms with Gasteiger partial charge in [-0.15, -0.1) is 11.8 Å². The van der Waals surface area contributed by atoms with Gasteiger partial charge in [0.2, 0.25) is 5.91 Å². The summed E-state index contributed by atoms with van der Waals surface area (Å²) in [6.45, 7) is 3.76. The van der Waals surface area contributed by atoms with Gasteiger partial charge in [0.05, 0.1) is 11.5 Å². The van der Waals surface area contributed by atoms with Gasteiger partial charge in [-0.05, 0) is 37.6 Å². The molecule has 1 aromatic rings. The van der Waals surface area contributed by atoms with E-state index >= 15 is 0 Å². The molecule has 0 radical (unpaired) electrons. The topological polar surface area (TPSA) is 164 Å². The van der Waals surface area contributed by atoms with E-state index in [0.29, 0.717) is 11.3 Å². The average Bonchev–Trinajstić information content (AvgIpc) is 2.71. The second-order valence-corrected chi connectivity index (χ2v) is 9.01. The van der Waals surface area contributed by atoms with E-state index < -0.39 is 34.0 Å². The smallest absolute Gasteiger partial charge is 0.352 e. The lowest BCUT2D eigenvalue weighted by Crippen LogP contribution is -2.68. The summed E-state index contributed by atoms with van der Waals surface area (Å²) in [4.78, 5) is 35.4. The van der Waals surface area contributed by atoms with Crippen molar-refractivity contribution in [1.29, 1.82) is 0 Å². The molecule has 0 spiro atoms. The number of hydrogen-bond donors (Lipinski definition) is 3. The lowest BCUT2D eigenvalue weighted by molar-refractivity contribution is -0.147. The molecule has 0 bridgehead atoms. The first-order valence-electron chi connectivity index (χ1n) is 9.03. The first kappa shape index (κ1) is 24.6. The number of esters is 1. The molecule has 1 saturated heterocycles. The van der Waals surface area contributed by atoms with Crippen molar-refractivity contribution in [2.75, 3.05) is 12.4 Å². The van der Waals surface area contributed by atoms with E-state index in [4.69, 9.17) is 15.0 Å². The third-order valence-electron chi connectivity index (χ3n) is 4.27. The largest absolute Gasteiger partial charge is 0.477 e. The van der Waals surface area contributed by atoms with Crippen LogP contribution in [0.25, 0.3) is 0 Å². The summed E-state index contributed by atoms with van der Waals surface area (Å²) >= 11 is 1.37. The van der Waals surface area contributed by atoms with Gasteiger partial charge in [0.1, 0.15) is 17.1 Å². The van der Waals surface area contributed by atoms with Crippen LogP contribution < -0.4 is 5.73 Å². The molecule has 4 N–H and O–H groups in total. The van der Waals surface area contributed by atoms with Crippen molar-refractivity contribution in [2.24, 2.45) is 5.73 Å². The van der Waals surface area contributed by atoms with E-state index in [1.54, 1.807) is 19.1 Å². The molecule has 12 heteroatoms. The number of fused-ring (bicyclic) bond motifs is 1. The van der Waals surface area contributed by atoms with Crippen LogP contribution in [0, 0.1) is 6.92 Å². The number of carbonyl (C=O) groups is 3. The van der Waals surface area contributed by atoms with Crippen LogP contribution in [0.4, 0.5) is 0 Å². The van der Waals surface area contributed by atoms with Crippen molar-refractivity contribution in [2.45, 2.75) is 30.2 Å². The van der Waals surface area contributed by atoms with Gasteiger partial charge in [-0.25, -0.2) is 9.59 Å². The number of ether oxygens (including phenoxy) is 1. The van der Waals surface area contributed by atoms with E-state index in [-0.39, 0.29) is 22.6 Å². The van der Waals surface area contributed by atoms with Crippen molar-refractivity contribution in [3.8, 4) is 0 Å². The van der Waals surface area contributed by atoms with Crippen LogP contribution in [0.2, 0.25) is 0 Å². The molecule has 2 heterocycles. The van der Waals surface area contributed by atoms with Crippen molar-refractivity contribution in [3.05, 3.63) is 53.3 Å². The minimum absolute atomic E-state index is 0.0666. The highest BCUT2D eigenvalue weighted by Gasteiger charge is 2.51. The Hall–Kier alpha value is -2.67. The highest BCUT2D eigenvalue weighted by atomic mass is 32.2. The van der Waals surface area contributed by atoms with Crippen LogP contribution in [-0.4, -0.2) is 64.6 Å². The summed E-state index contributed by atoms with van der Waals surface area (Å²) in [5.74, 6) is -1.80. The molecule has 1 amide bonds. The molecule has 0 saturated carbocycles. The van der Waals surface area contributed by atoms with Crippen molar-refractivity contribution in [3.63, 3.8) is 0 Å². The van der Waals surface area contributed by atoms with Gasteiger partial charge in [-0.3, -0.25) is 14.2 Å². The molecule has 2 aliphatic rings. The fourth-order valence-corrected chi connectivity index (χ4v) is 4.48. The predicted molar refractivity (Wildman–Crippen MR) is 112 cm³/mol. The van der Waals surface area contributed by atoms with E-state index in [2.05, 4.69) is 0 Å². The molecule has 3 rings (SSSR count). The van der Waals surface area contributed by atoms with E-state index in [0.717, 1.165) is 11.6 Å². The van der Waals surface area contributed by atoms with Gasteiger partial charge in [-0.1, -0.05) is 17.7 Å². The van der Waals surface area contributed by atoms with Crippen molar-refractivity contribution < 1.29 is 37.2 Å². The number of nitrogens with zero attached hydrogens (tertiary/aromatic N) is 1. The molecule has 2 atom stereocenters. The molecular weight excluding hydrogens is 448 g/mol. The minimum atomic E-state index is -4.02. The number of hydrogen-bond acceptors (Lipinski definition) is 8. The molecule has 31 heavy (non-hydrogen) atoms. The fourth-order valence-electron chi connectivity index (χ4n) is 2.74. The maximum Gasteiger partial charge on any atom is 0.352 e. The first-order chi connectivity index (χ1) is 14.5. The Morgan fingerprint density at radius 2 is 1.94 bits per heavy atom. The molecule has 2 aliphatic heterocycles. The second kappa shape index (κ2) is 10.1. The van der Waals surface area contributed by atoms with Crippen LogP contribution in [-0.2, 0) is 29.2 Å². The monoisotopic (exact) mass is 470 g/mol. The number of carbonyl (C=O) groups excluding carboxylic acids is 2. The maximum absolute atomic E-state index is 11.7. The van der Waals surface area contributed by atoms with E-state index in [9.17, 15) is 27.9 Å². The minimum Gasteiger partial charge on any atom is -0.477 e. The van der Waals surface area contributed by atoms with Gasteiger partial charge in [0, 0.05) is 11.8 Å². The third kappa shape index (κ3) is 5.94. The number of benzene rings is 1. The molecule has 10 nitrogen and oxygen atoms in total. The predicted octanol–water partition coefficient (Wildman–Crippen LogP) is 0.929. The van der Waals surface area contributed by atoms with E-state index in [1.165, 1.54) is 34.9 Å². The quantitative estimate of drug-likeness (QED) is 0.244. The summed E-state index contributed by atoms with van der Waals surface area (Å²) in [7, 11) is -4.02. The number of rotatable bonds is 5. The Kier molecular flexibility index (Phi) is 8.01. The van der Waals surface area contributed by atoms with Crippen LogP contribution in [0.5, 0.6) is 0 Å². The second-order valence-electron chi connectivity index (χ2n) is 6.49. The number of aliphatic carboxylic acids is 1. The Morgan fingerprint density at radius 3 is 2.45 bits per heavy atom. The molecule has 0 aliphatic carbocycles. The third-order valence-corrected chi connectivity index (χ3v) is 6.46. The zero-order valence-corrected chi connectivity index (χ0v) is 18.4. The SMILES string of the molecule is CCOC(=O)C=CC1=C(C(=O)O)N2C(=O)C(N)[C@@H]2SC1.Cc1ccc(S(=O)(=O)O)cc1. The van der Waals surface area contributed by atoms with Gasteiger partial charge >= 0.3 is 11.9 Å². The summed E-state index contributed by atoms with van der Waals surface area (Å²) in [6.07, 6.45) is 2.54. The Bertz CT molecular complexity index is 1030. The molecule has 1 aromatic carbocycles. The standard InChI is InChI=1S/C12H14N2O5S.C7H8O3S/c1-2-19-7(15)4-3-6-5-20-11-8(13)10(16)14(11)9(6)12(17)18;1-6-2-4-7(5-3-6)11(8,9)10/h3-4,8,11H,2,5,13H2,1H3,(H,17,18);2-5H,1H3,(H,8,9,10)/t8?,11-;/m0./s1. The van der Waals surface area contributed by atoms with Crippen LogP contribution in [0.3, 0.4) is 0 Å². The number of carboxylic acids is 1. The summed E-state index contributed by atoms with van der Waals surface area (Å²) in [5, 5.41) is 8.91. The highest BCUT2D eigenvalue weighted by Crippen LogP contribution is 2.39. The van der Waals surface area contributed by atoms with Crippen molar-refractivity contribution >= 4 is 39.7 Å². The summed E-state index contributed by atoms with van der Waals surface area (Å²) < 4.78 is 34.3. The normalized spacial score (nSPS) is 20.5. The number of thioether (sulfide) groups is 1. The fraction of sp³-hybridized carbons (Fsp3) is 0.316. The number of β-lactam (4-membered cyclic amide) rings is 1. The first-order valence-corrected chi connectivity index (χ1v) is 11.5. The molecule has 168 valence electrons. The molecule has 1 unspecified atom stereocenters.